The van der Waals surface area contributed by atoms with Crippen LogP contribution in [0.1, 0.15) is 30.5 Å². The van der Waals surface area contributed by atoms with Crippen molar-refractivity contribution >= 4 is 29.9 Å². The third kappa shape index (κ3) is 3.36. The first kappa shape index (κ1) is 15.8. The molecule has 21 heavy (non-hydrogen) atoms. The fourth-order valence-corrected chi connectivity index (χ4v) is 2.81. The molecule has 0 spiro atoms. The summed E-state index contributed by atoms with van der Waals surface area (Å²) in [5.41, 5.74) is 2.94. The van der Waals surface area contributed by atoms with Crippen molar-refractivity contribution in [2.75, 3.05) is 18.4 Å². The number of benzene rings is 1. The van der Waals surface area contributed by atoms with Gasteiger partial charge in [0.1, 0.15) is 0 Å². The van der Waals surface area contributed by atoms with Crippen molar-refractivity contribution in [3.8, 4) is 0 Å². The van der Waals surface area contributed by atoms with Gasteiger partial charge in [0.25, 0.3) is 0 Å². The molecule has 0 aliphatic carbocycles. The number of rotatable bonds is 3. The van der Waals surface area contributed by atoms with E-state index in [0.29, 0.717) is 6.42 Å². The largest absolute Gasteiger partial charge is 0.349 e. The average molecular weight is 310 g/mol. The van der Waals surface area contributed by atoms with Gasteiger partial charge in [0, 0.05) is 12.2 Å². The number of anilines is 1. The van der Waals surface area contributed by atoms with Crippen molar-refractivity contribution in [1.29, 1.82) is 0 Å². The van der Waals surface area contributed by atoms with E-state index >= 15 is 0 Å². The van der Waals surface area contributed by atoms with E-state index in [-0.39, 0.29) is 36.2 Å². The van der Waals surface area contributed by atoms with Crippen LogP contribution in [-0.4, -0.2) is 24.9 Å². The Morgan fingerprint density at radius 3 is 2.95 bits per heavy atom. The van der Waals surface area contributed by atoms with Crippen molar-refractivity contribution in [3.05, 3.63) is 29.3 Å². The molecule has 3 rings (SSSR count). The Hall–Kier alpha value is -1.59. The highest BCUT2D eigenvalue weighted by atomic mass is 35.5. The number of carbonyl (C=O) groups is 2. The Kier molecular flexibility index (Phi) is 4.85. The van der Waals surface area contributed by atoms with Gasteiger partial charge in [-0.1, -0.05) is 12.1 Å². The highest BCUT2D eigenvalue weighted by Gasteiger charge is 2.24. The van der Waals surface area contributed by atoms with Crippen LogP contribution in [0.15, 0.2) is 18.2 Å². The molecule has 1 fully saturated rings. The van der Waals surface area contributed by atoms with Gasteiger partial charge in [-0.05, 0) is 37.1 Å². The van der Waals surface area contributed by atoms with Crippen LogP contribution in [0.2, 0.25) is 0 Å². The molecule has 1 saturated heterocycles. The van der Waals surface area contributed by atoms with E-state index < -0.39 is 0 Å². The van der Waals surface area contributed by atoms with Crippen LogP contribution < -0.4 is 16.0 Å². The predicted molar refractivity (Wildman–Crippen MR) is 83.6 cm³/mol. The molecule has 2 aliphatic heterocycles. The Morgan fingerprint density at radius 2 is 2.24 bits per heavy atom. The van der Waals surface area contributed by atoms with Crippen molar-refractivity contribution in [3.63, 3.8) is 0 Å². The molecule has 0 radical (unpaired) electrons. The van der Waals surface area contributed by atoms with Crippen LogP contribution in [-0.2, 0) is 16.0 Å². The van der Waals surface area contributed by atoms with Gasteiger partial charge >= 0.3 is 0 Å². The summed E-state index contributed by atoms with van der Waals surface area (Å²) in [7, 11) is 0. The van der Waals surface area contributed by atoms with E-state index in [0.717, 1.165) is 36.3 Å². The number of fused-ring (bicyclic) bond motifs is 1. The molecule has 0 bridgehead atoms. The highest BCUT2D eigenvalue weighted by molar-refractivity contribution is 5.99. The number of carbonyl (C=O) groups excluding carboxylic acids is 2. The monoisotopic (exact) mass is 309 g/mol. The van der Waals surface area contributed by atoms with Crippen molar-refractivity contribution in [2.45, 2.75) is 25.8 Å². The summed E-state index contributed by atoms with van der Waals surface area (Å²) in [6.07, 6.45) is 1.33. The van der Waals surface area contributed by atoms with E-state index in [4.69, 9.17) is 0 Å². The van der Waals surface area contributed by atoms with Crippen LogP contribution in [0.5, 0.6) is 0 Å². The predicted octanol–water partition coefficient (Wildman–Crippen LogP) is 1.39. The van der Waals surface area contributed by atoms with Gasteiger partial charge in [0.2, 0.25) is 11.8 Å². The van der Waals surface area contributed by atoms with Gasteiger partial charge in [0.05, 0.1) is 18.4 Å². The van der Waals surface area contributed by atoms with Crippen molar-refractivity contribution in [1.82, 2.24) is 10.6 Å². The summed E-state index contributed by atoms with van der Waals surface area (Å²) in [6, 6.07) is 5.84. The molecule has 2 unspecified atom stereocenters. The third-order valence-corrected chi connectivity index (χ3v) is 4.04. The Morgan fingerprint density at radius 1 is 1.43 bits per heavy atom. The normalized spacial score (nSPS) is 21.2. The topological polar surface area (TPSA) is 70.2 Å². The molecule has 2 atom stereocenters. The molecular weight excluding hydrogens is 290 g/mol. The van der Waals surface area contributed by atoms with E-state index in [1.165, 1.54) is 0 Å². The molecule has 2 aliphatic rings. The maximum absolute atomic E-state index is 12.1. The molecule has 5 nitrogen and oxygen atoms in total. The lowest BCUT2D eigenvalue weighted by molar-refractivity contribution is -0.125. The average Bonchev–Trinajstić information content (AvgIpc) is 3.05. The number of hydrogen-bond donors (Lipinski definition) is 3. The van der Waals surface area contributed by atoms with Crippen LogP contribution in [0, 0.1) is 5.92 Å². The molecule has 6 heteroatoms. The van der Waals surface area contributed by atoms with Gasteiger partial charge in [-0.3, -0.25) is 9.59 Å². The van der Waals surface area contributed by atoms with Gasteiger partial charge < -0.3 is 16.0 Å². The summed E-state index contributed by atoms with van der Waals surface area (Å²) in [4.78, 5) is 23.4. The molecule has 2 amide bonds. The van der Waals surface area contributed by atoms with Crippen LogP contribution in [0.25, 0.3) is 0 Å². The third-order valence-electron chi connectivity index (χ3n) is 4.04. The SMILES string of the molecule is CC(NC(=O)C1CCNC1)c1ccc2c(c1)CC(=O)N2.Cl. The number of halogens is 1. The van der Waals surface area contributed by atoms with E-state index in [1.807, 2.05) is 25.1 Å². The molecule has 1 aromatic carbocycles. The lowest BCUT2D eigenvalue weighted by atomic mass is 10.0. The zero-order valence-corrected chi connectivity index (χ0v) is 12.8. The fourth-order valence-electron chi connectivity index (χ4n) is 2.81. The first-order valence-electron chi connectivity index (χ1n) is 7.07. The number of hydrogen-bond acceptors (Lipinski definition) is 3. The van der Waals surface area contributed by atoms with E-state index in [1.54, 1.807) is 0 Å². The van der Waals surface area contributed by atoms with Gasteiger partial charge in [-0.25, -0.2) is 0 Å². The van der Waals surface area contributed by atoms with Crippen LogP contribution in [0.4, 0.5) is 5.69 Å². The molecule has 0 aromatic heterocycles. The minimum absolute atomic E-state index is 0. The van der Waals surface area contributed by atoms with E-state index in [2.05, 4.69) is 16.0 Å². The van der Waals surface area contributed by atoms with Crippen LogP contribution in [0.3, 0.4) is 0 Å². The van der Waals surface area contributed by atoms with Crippen molar-refractivity contribution < 1.29 is 9.59 Å². The maximum Gasteiger partial charge on any atom is 0.228 e. The lowest BCUT2D eigenvalue weighted by Crippen LogP contribution is -2.33. The Balaban J connectivity index is 0.00000161. The molecule has 0 saturated carbocycles. The Bertz CT molecular complexity index is 556. The number of amides is 2. The minimum Gasteiger partial charge on any atom is -0.349 e. The smallest absolute Gasteiger partial charge is 0.228 e. The quantitative estimate of drug-likeness (QED) is 0.790. The molecular formula is C15H20ClN3O2. The number of nitrogens with one attached hydrogen (secondary N) is 3. The zero-order valence-electron chi connectivity index (χ0n) is 11.9. The minimum atomic E-state index is -0.0379. The summed E-state index contributed by atoms with van der Waals surface area (Å²) < 4.78 is 0. The lowest BCUT2D eigenvalue weighted by Gasteiger charge is -2.17. The fraction of sp³-hybridized carbons (Fsp3) is 0.467. The maximum atomic E-state index is 12.1. The zero-order chi connectivity index (χ0) is 14.1. The second-order valence-electron chi connectivity index (χ2n) is 5.56. The van der Waals surface area contributed by atoms with Gasteiger partial charge in [0.15, 0.2) is 0 Å². The first-order valence-corrected chi connectivity index (χ1v) is 7.07. The first-order chi connectivity index (χ1) is 9.63. The van der Waals surface area contributed by atoms with Crippen LogP contribution >= 0.6 is 12.4 Å². The molecule has 2 heterocycles. The Labute approximate surface area is 130 Å². The summed E-state index contributed by atoms with van der Waals surface area (Å²) in [6.45, 7) is 3.66. The molecule has 1 aromatic rings. The highest BCUT2D eigenvalue weighted by Crippen LogP contribution is 2.26. The second-order valence-corrected chi connectivity index (χ2v) is 5.56. The molecule has 3 N–H and O–H groups in total. The molecule has 114 valence electrons. The summed E-state index contributed by atoms with van der Waals surface area (Å²) in [5, 5.41) is 9.07. The van der Waals surface area contributed by atoms with Gasteiger partial charge in [-0.15, -0.1) is 12.4 Å². The van der Waals surface area contributed by atoms with Crippen molar-refractivity contribution in [2.24, 2.45) is 5.92 Å². The van der Waals surface area contributed by atoms with Gasteiger partial charge in [-0.2, -0.15) is 0 Å². The standard InChI is InChI=1S/C15H19N3O2.ClH/c1-9(17-15(20)11-4-5-16-8-11)10-2-3-13-12(6-10)7-14(19)18-13;/h2-3,6,9,11,16H,4-5,7-8H2,1H3,(H,17,20)(H,18,19);1H. The summed E-state index contributed by atoms with van der Waals surface area (Å²) >= 11 is 0. The second kappa shape index (κ2) is 6.45. The van der Waals surface area contributed by atoms with E-state index in [9.17, 15) is 9.59 Å². The summed E-state index contributed by atoms with van der Waals surface area (Å²) in [5.74, 6) is 0.221.